The minimum absolute atomic E-state index is 0.500. The summed E-state index contributed by atoms with van der Waals surface area (Å²) in [5.41, 5.74) is 3.96. The molecule has 34 heavy (non-hydrogen) atoms. The highest BCUT2D eigenvalue weighted by atomic mass is 16.5. The number of aldehydes is 1. The number of anilines is 2. The molecule has 2 aromatic heterocycles. The average molecular weight is 459 g/mol. The van der Waals surface area contributed by atoms with Crippen LogP contribution >= 0.6 is 0 Å². The summed E-state index contributed by atoms with van der Waals surface area (Å²) in [6.45, 7) is 5.24. The number of para-hydroxylation sites is 2. The quantitative estimate of drug-likeness (QED) is 0.283. The molecule has 176 valence electrons. The first-order chi connectivity index (χ1) is 16.7. The molecule has 0 fully saturated rings. The van der Waals surface area contributed by atoms with Gasteiger partial charge in [0.15, 0.2) is 0 Å². The zero-order valence-corrected chi connectivity index (χ0v) is 19.6. The third-order valence-electron chi connectivity index (χ3n) is 5.55. The third-order valence-corrected chi connectivity index (χ3v) is 5.55. The molecule has 0 saturated carbocycles. The molecule has 3 aromatic rings. The monoisotopic (exact) mass is 458 g/mol. The van der Waals surface area contributed by atoms with E-state index >= 15 is 0 Å². The van der Waals surface area contributed by atoms with Gasteiger partial charge in [-0.1, -0.05) is 31.9 Å². The van der Waals surface area contributed by atoms with E-state index in [4.69, 9.17) is 14.5 Å². The second-order valence-electron chi connectivity index (χ2n) is 7.94. The highest BCUT2D eigenvalue weighted by molar-refractivity contribution is 5.81. The summed E-state index contributed by atoms with van der Waals surface area (Å²) < 4.78 is 11.8. The highest BCUT2D eigenvalue weighted by Crippen LogP contribution is 2.37. The molecule has 1 aliphatic heterocycles. The molecule has 7 nitrogen and oxygen atoms in total. The summed E-state index contributed by atoms with van der Waals surface area (Å²) in [7, 11) is 0. The number of unbranched alkanes of at least 4 members (excludes halogenated alkanes) is 2. The second kappa shape index (κ2) is 11.3. The number of aromatic nitrogens is 2. The Bertz CT molecular complexity index is 1160. The smallest absolute Gasteiger partial charge is 0.222 e. The lowest BCUT2D eigenvalue weighted by Gasteiger charge is -2.24. The lowest BCUT2D eigenvalue weighted by atomic mass is 9.97. The molecule has 0 spiro atoms. The zero-order chi connectivity index (χ0) is 23.8. The average Bonchev–Trinajstić information content (AvgIpc) is 2.87. The van der Waals surface area contributed by atoms with E-state index in [1.807, 2.05) is 55.5 Å². The van der Waals surface area contributed by atoms with Crippen molar-refractivity contribution < 1.29 is 14.3 Å². The fourth-order valence-corrected chi connectivity index (χ4v) is 3.90. The zero-order valence-electron chi connectivity index (χ0n) is 19.6. The summed E-state index contributed by atoms with van der Waals surface area (Å²) in [5, 5.41) is 6.55. The van der Waals surface area contributed by atoms with Crippen molar-refractivity contribution in [2.24, 2.45) is 0 Å². The number of ether oxygens (including phenoxy) is 2. The standard InChI is InChI=1S/C27H30N4O3/c1-3-5-8-16-34-24-12-7-6-11-21(24)30-26-25-19(13-15-28-23(25)18-32)17-22(31-26)20-10-9-14-29-27(20)33-4-2/h6-7,9-15,17-18,23,28H,3-5,8,16H2,1-2H3,(H,30,31). The predicted octanol–water partition coefficient (Wildman–Crippen LogP) is 5.67. The number of nitrogens with zero attached hydrogens (tertiary/aromatic N) is 2. The van der Waals surface area contributed by atoms with Crippen LogP contribution in [0.5, 0.6) is 11.6 Å². The maximum Gasteiger partial charge on any atom is 0.222 e. The summed E-state index contributed by atoms with van der Waals surface area (Å²) in [5.74, 6) is 1.85. The lowest BCUT2D eigenvalue weighted by molar-refractivity contribution is -0.109. The third kappa shape index (κ3) is 5.20. The molecule has 1 aromatic carbocycles. The number of fused-ring (bicyclic) bond motifs is 1. The molecule has 2 N–H and O–H groups in total. The number of carbonyl (C=O) groups excluding carboxylic acids is 1. The van der Waals surface area contributed by atoms with Gasteiger partial charge >= 0.3 is 0 Å². The number of rotatable bonds is 11. The first-order valence-corrected chi connectivity index (χ1v) is 11.7. The van der Waals surface area contributed by atoms with Crippen molar-refractivity contribution in [3.05, 3.63) is 66.0 Å². The second-order valence-corrected chi connectivity index (χ2v) is 7.94. The van der Waals surface area contributed by atoms with Gasteiger partial charge in [-0.3, -0.25) is 0 Å². The molecule has 7 heteroatoms. The molecule has 0 amide bonds. The molecular weight excluding hydrogens is 428 g/mol. The fourth-order valence-electron chi connectivity index (χ4n) is 3.90. The topological polar surface area (TPSA) is 85.4 Å². The van der Waals surface area contributed by atoms with E-state index in [0.717, 1.165) is 53.7 Å². The molecule has 0 radical (unpaired) electrons. The van der Waals surface area contributed by atoms with Crippen LogP contribution in [0.1, 0.15) is 50.3 Å². The first kappa shape index (κ1) is 23.3. The normalized spacial score (nSPS) is 14.1. The van der Waals surface area contributed by atoms with Crippen LogP contribution in [0.25, 0.3) is 17.3 Å². The van der Waals surface area contributed by atoms with Gasteiger partial charge in [-0.2, -0.15) is 0 Å². The van der Waals surface area contributed by atoms with Crippen molar-refractivity contribution in [1.29, 1.82) is 0 Å². The van der Waals surface area contributed by atoms with Crippen molar-refractivity contribution in [2.45, 2.75) is 39.2 Å². The van der Waals surface area contributed by atoms with Crippen molar-refractivity contribution in [3.8, 4) is 22.9 Å². The van der Waals surface area contributed by atoms with E-state index in [-0.39, 0.29) is 0 Å². The fraction of sp³-hybridized carbons (Fsp3) is 0.296. The van der Waals surface area contributed by atoms with Crippen LogP contribution in [0.3, 0.4) is 0 Å². The molecule has 0 aliphatic carbocycles. The van der Waals surface area contributed by atoms with E-state index in [0.29, 0.717) is 30.6 Å². The van der Waals surface area contributed by atoms with E-state index in [2.05, 4.69) is 22.5 Å². The number of nitrogens with one attached hydrogen (secondary N) is 2. The summed E-state index contributed by atoms with van der Waals surface area (Å²) in [4.78, 5) is 21.2. The van der Waals surface area contributed by atoms with Gasteiger partial charge in [-0.25, -0.2) is 9.97 Å². The van der Waals surface area contributed by atoms with E-state index in [1.165, 1.54) is 0 Å². The van der Waals surface area contributed by atoms with Gasteiger partial charge in [-0.05, 0) is 61.5 Å². The maximum atomic E-state index is 11.9. The minimum Gasteiger partial charge on any atom is -0.491 e. The Morgan fingerprint density at radius 3 is 2.82 bits per heavy atom. The number of hydrogen-bond donors (Lipinski definition) is 2. The number of hydrogen-bond acceptors (Lipinski definition) is 7. The van der Waals surface area contributed by atoms with Crippen LogP contribution in [0.15, 0.2) is 54.9 Å². The Morgan fingerprint density at radius 1 is 1.12 bits per heavy atom. The van der Waals surface area contributed by atoms with Crippen LogP contribution in [0.4, 0.5) is 11.5 Å². The summed E-state index contributed by atoms with van der Waals surface area (Å²) >= 11 is 0. The first-order valence-electron chi connectivity index (χ1n) is 11.7. The van der Waals surface area contributed by atoms with Gasteiger partial charge in [0.1, 0.15) is 23.9 Å². The number of carbonyl (C=O) groups is 1. The van der Waals surface area contributed by atoms with Crippen LogP contribution in [0, 0.1) is 0 Å². The van der Waals surface area contributed by atoms with E-state index < -0.39 is 6.04 Å². The Balaban J connectivity index is 1.76. The van der Waals surface area contributed by atoms with Crippen molar-refractivity contribution in [3.63, 3.8) is 0 Å². The Hall–Kier alpha value is -3.87. The van der Waals surface area contributed by atoms with Crippen molar-refractivity contribution in [1.82, 2.24) is 15.3 Å². The van der Waals surface area contributed by atoms with Gasteiger partial charge in [0, 0.05) is 11.8 Å². The minimum atomic E-state index is -0.512. The van der Waals surface area contributed by atoms with Crippen LogP contribution in [-0.4, -0.2) is 29.5 Å². The van der Waals surface area contributed by atoms with E-state index in [1.54, 1.807) is 12.4 Å². The van der Waals surface area contributed by atoms with Gasteiger partial charge < -0.3 is 24.9 Å². The molecule has 1 unspecified atom stereocenters. The van der Waals surface area contributed by atoms with Crippen LogP contribution in [-0.2, 0) is 4.79 Å². The number of pyridine rings is 2. The Morgan fingerprint density at radius 2 is 2.00 bits per heavy atom. The SMILES string of the molecule is CCCCCOc1ccccc1Nc1nc(-c2cccnc2OCC)cc2c1C(C=O)NC=C2. The van der Waals surface area contributed by atoms with Crippen LogP contribution < -0.4 is 20.1 Å². The molecule has 1 aliphatic rings. The van der Waals surface area contributed by atoms with Crippen molar-refractivity contribution in [2.75, 3.05) is 18.5 Å². The molecule has 0 bridgehead atoms. The van der Waals surface area contributed by atoms with Crippen LogP contribution in [0.2, 0.25) is 0 Å². The molecule has 1 atom stereocenters. The maximum absolute atomic E-state index is 11.9. The molecule has 0 saturated heterocycles. The van der Waals surface area contributed by atoms with Gasteiger partial charge in [0.25, 0.3) is 0 Å². The Labute approximate surface area is 200 Å². The largest absolute Gasteiger partial charge is 0.491 e. The van der Waals surface area contributed by atoms with Gasteiger partial charge in [0.2, 0.25) is 5.88 Å². The van der Waals surface area contributed by atoms with Gasteiger partial charge in [0.05, 0.1) is 30.2 Å². The Kier molecular flexibility index (Phi) is 7.75. The van der Waals surface area contributed by atoms with E-state index in [9.17, 15) is 4.79 Å². The summed E-state index contributed by atoms with van der Waals surface area (Å²) in [6.07, 6.45) is 9.57. The highest BCUT2D eigenvalue weighted by Gasteiger charge is 2.24. The molecular formula is C27H30N4O3. The number of benzene rings is 1. The van der Waals surface area contributed by atoms with Crippen molar-refractivity contribution >= 4 is 23.9 Å². The summed E-state index contributed by atoms with van der Waals surface area (Å²) in [6, 6.07) is 13.0. The lowest BCUT2D eigenvalue weighted by Crippen LogP contribution is -2.23. The van der Waals surface area contributed by atoms with Gasteiger partial charge in [-0.15, -0.1) is 0 Å². The molecule has 4 rings (SSSR count). The molecule has 3 heterocycles. The predicted molar refractivity (Wildman–Crippen MR) is 134 cm³/mol.